The highest BCUT2D eigenvalue weighted by atomic mass is 32.1. The number of imidazole rings is 1. The Morgan fingerprint density at radius 1 is 0.944 bits per heavy atom. The first-order chi connectivity index (χ1) is 17.4. The van der Waals surface area contributed by atoms with Gasteiger partial charge in [-0.15, -0.1) is 11.3 Å². The van der Waals surface area contributed by atoms with Crippen LogP contribution in [-0.4, -0.2) is 40.6 Å². The molecule has 0 atom stereocenters. The van der Waals surface area contributed by atoms with Crippen molar-refractivity contribution >= 4 is 81.7 Å². The molecule has 6 heterocycles. The van der Waals surface area contributed by atoms with Gasteiger partial charge >= 0.3 is 0 Å². The molecule has 1 aromatic carbocycles. The highest BCUT2D eigenvalue weighted by Crippen LogP contribution is 2.31. The molecule has 8 bridgehead atoms. The van der Waals surface area contributed by atoms with Gasteiger partial charge in [0.05, 0.1) is 28.1 Å². The van der Waals surface area contributed by atoms with Crippen LogP contribution in [0.4, 0.5) is 0 Å². The van der Waals surface area contributed by atoms with E-state index < -0.39 is 5.41 Å². The van der Waals surface area contributed by atoms with Crippen LogP contribution < -0.4 is 0 Å². The average Bonchev–Trinajstić information content (AvgIpc) is 3.60. The number of carbonyl (C=O) groups is 1. The van der Waals surface area contributed by atoms with Crippen molar-refractivity contribution in [2.24, 2.45) is 5.41 Å². The number of aromatic nitrogens is 7. The highest BCUT2D eigenvalue weighted by Gasteiger charge is 2.24. The van der Waals surface area contributed by atoms with Crippen molar-refractivity contribution in [2.75, 3.05) is 0 Å². The van der Waals surface area contributed by atoms with Crippen LogP contribution in [0.3, 0.4) is 0 Å². The van der Waals surface area contributed by atoms with Gasteiger partial charge in [-0.2, -0.15) is 5.10 Å². The number of benzene rings is 1. The van der Waals surface area contributed by atoms with Crippen molar-refractivity contribution in [3.63, 3.8) is 0 Å². The normalized spacial score (nSPS) is 12.4. The van der Waals surface area contributed by atoms with E-state index in [1.807, 2.05) is 51.1 Å². The Hall–Kier alpha value is -4.37. The summed E-state index contributed by atoms with van der Waals surface area (Å²) >= 11 is 1.56. The monoisotopic (exact) mass is 491 g/mol. The quantitative estimate of drug-likeness (QED) is 0.251. The molecular weight excluding hydrogens is 470 g/mol. The van der Waals surface area contributed by atoms with Crippen molar-refractivity contribution < 1.29 is 4.79 Å². The SMILES string of the molecule is CC(C)(C)C(=O)n1c2cncc(c2)c2cnc3[nH]nc(c4nc5c(cccc5c5ccc1s5)[nH]4)c3c2. The number of thiophene rings is 1. The van der Waals surface area contributed by atoms with Gasteiger partial charge in [-0.3, -0.25) is 19.4 Å². The Balaban J connectivity index is 1.77. The predicted molar refractivity (Wildman–Crippen MR) is 145 cm³/mol. The molecule has 7 aromatic rings. The molecule has 6 aromatic heterocycles. The minimum Gasteiger partial charge on any atom is -0.337 e. The summed E-state index contributed by atoms with van der Waals surface area (Å²) in [6.45, 7) is 5.79. The first-order valence-electron chi connectivity index (χ1n) is 11.6. The third-order valence-corrected chi connectivity index (χ3v) is 7.49. The van der Waals surface area contributed by atoms with Crippen molar-refractivity contribution in [1.82, 2.24) is 34.7 Å². The average molecular weight is 492 g/mol. The predicted octanol–water partition coefficient (Wildman–Crippen LogP) is 6.52. The lowest BCUT2D eigenvalue weighted by Crippen LogP contribution is -2.26. The molecule has 0 aliphatic carbocycles. The minimum atomic E-state index is -0.591. The van der Waals surface area contributed by atoms with Crippen molar-refractivity contribution in [2.45, 2.75) is 20.8 Å². The third kappa shape index (κ3) is 3.09. The first-order valence-corrected chi connectivity index (χ1v) is 12.4. The van der Waals surface area contributed by atoms with E-state index >= 15 is 0 Å². The number of carbonyl (C=O) groups excluding carboxylic acids is 1. The smallest absolute Gasteiger partial charge is 0.237 e. The molecule has 0 spiro atoms. The van der Waals surface area contributed by atoms with E-state index in [-0.39, 0.29) is 5.91 Å². The van der Waals surface area contributed by atoms with Crippen LogP contribution >= 0.6 is 11.3 Å². The Morgan fingerprint density at radius 2 is 1.81 bits per heavy atom. The molecule has 36 heavy (non-hydrogen) atoms. The Bertz CT molecular complexity index is 2070. The molecule has 0 aliphatic rings. The molecule has 0 saturated heterocycles. The molecular formula is C27H21N7OS. The van der Waals surface area contributed by atoms with Crippen molar-refractivity contribution in [1.29, 1.82) is 0 Å². The van der Waals surface area contributed by atoms with Gasteiger partial charge < -0.3 is 4.98 Å². The molecule has 0 radical (unpaired) electrons. The molecule has 0 aliphatic heterocycles. The number of para-hydroxylation sites is 1. The molecule has 0 unspecified atom stereocenters. The molecule has 8 nitrogen and oxygen atoms in total. The summed E-state index contributed by atoms with van der Waals surface area (Å²) in [5.74, 6) is -0.00914. The number of hydrogen-bond donors (Lipinski definition) is 2. The van der Waals surface area contributed by atoms with Crippen LogP contribution in [0, 0.1) is 5.41 Å². The van der Waals surface area contributed by atoms with Crippen molar-refractivity contribution in [3.05, 3.63) is 61.1 Å². The highest BCUT2D eigenvalue weighted by molar-refractivity contribution is 7.24. The van der Waals surface area contributed by atoms with E-state index in [0.29, 0.717) is 22.3 Å². The van der Waals surface area contributed by atoms with Gasteiger partial charge in [-0.1, -0.05) is 32.9 Å². The van der Waals surface area contributed by atoms with Gasteiger partial charge in [0.25, 0.3) is 0 Å². The lowest BCUT2D eigenvalue weighted by Gasteiger charge is -2.19. The number of nitrogens with one attached hydrogen (secondary N) is 2. The van der Waals surface area contributed by atoms with Gasteiger partial charge in [-0.25, -0.2) is 9.97 Å². The second kappa shape index (κ2) is 7.32. The zero-order valence-corrected chi connectivity index (χ0v) is 20.6. The van der Waals surface area contributed by atoms with Crippen LogP contribution in [0.15, 0.2) is 61.1 Å². The van der Waals surface area contributed by atoms with E-state index in [1.165, 1.54) is 0 Å². The number of nitrogens with zero attached hydrogens (tertiary/aromatic N) is 5. The van der Waals surface area contributed by atoms with E-state index in [2.05, 4.69) is 37.3 Å². The van der Waals surface area contributed by atoms with E-state index in [0.717, 1.165) is 42.1 Å². The van der Waals surface area contributed by atoms with Crippen LogP contribution in [0.2, 0.25) is 0 Å². The van der Waals surface area contributed by atoms with E-state index in [4.69, 9.17) is 4.98 Å². The van der Waals surface area contributed by atoms with Crippen LogP contribution in [-0.2, 0) is 0 Å². The number of pyridine rings is 2. The molecule has 7 rings (SSSR count). The Kier molecular flexibility index (Phi) is 4.26. The maximum atomic E-state index is 13.7. The lowest BCUT2D eigenvalue weighted by atomic mass is 9.95. The topological polar surface area (TPSA) is 105 Å². The van der Waals surface area contributed by atoms with Gasteiger partial charge in [0.2, 0.25) is 5.91 Å². The van der Waals surface area contributed by atoms with Gasteiger partial charge in [0.1, 0.15) is 10.3 Å². The summed E-state index contributed by atoms with van der Waals surface area (Å²) < 4.78 is 2.80. The fraction of sp³-hybridized carbons (Fsp3) is 0.148. The second-order valence-electron chi connectivity index (χ2n) is 9.94. The minimum absolute atomic E-state index is 0.00914. The van der Waals surface area contributed by atoms with Crippen LogP contribution in [0.1, 0.15) is 25.6 Å². The summed E-state index contributed by atoms with van der Waals surface area (Å²) in [6.07, 6.45) is 5.32. The summed E-state index contributed by atoms with van der Waals surface area (Å²) in [5.41, 5.74) is 3.95. The van der Waals surface area contributed by atoms with Crippen LogP contribution in [0.25, 0.3) is 64.4 Å². The number of hydrogen-bond acceptors (Lipinski definition) is 6. The molecule has 0 amide bonds. The fourth-order valence-electron chi connectivity index (χ4n) is 4.57. The molecule has 176 valence electrons. The number of rotatable bonds is 0. The second-order valence-corrected chi connectivity index (χ2v) is 11.0. The van der Waals surface area contributed by atoms with Gasteiger partial charge in [-0.05, 0) is 30.3 Å². The summed E-state index contributed by atoms with van der Waals surface area (Å²) in [7, 11) is 0. The molecule has 0 fully saturated rings. The maximum absolute atomic E-state index is 13.7. The summed E-state index contributed by atoms with van der Waals surface area (Å²) in [5, 5.41) is 11.1. The third-order valence-electron chi connectivity index (χ3n) is 6.39. The number of fused-ring (bicyclic) bond motifs is 9. The zero-order valence-electron chi connectivity index (χ0n) is 19.8. The molecule has 9 heteroatoms. The first kappa shape index (κ1) is 21.0. The maximum Gasteiger partial charge on any atom is 0.237 e. The van der Waals surface area contributed by atoms with Gasteiger partial charge in [0, 0.05) is 38.7 Å². The number of H-pyrrole nitrogens is 2. The van der Waals surface area contributed by atoms with E-state index in [9.17, 15) is 4.79 Å². The number of aromatic amines is 2. The molecule has 2 N–H and O–H groups in total. The summed E-state index contributed by atoms with van der Waals surface area (Å²) in [4.78, 5) is 32.1. The Morgan fingerprint density at radius 3 is 2.67 bits per heavy atom. The fourth-order valence-corrected chi connectivity index (χ4v) is 5.62. The van der Waals surface area contributed by atoms with E-state index in [1.54, 1.807) is 34.5 Å². The Labute approximate surface area is 208 Å². The molecule has 0 saturated carbocycles. The largest absolute Gasteiger partial charge is 0.337 e. The standard InChI is InChI=1S/C27H21N7OS/c1-27(2,3)26(35)34-16-9-14(11-28-13-16)15-10-18-23(32-33-24(18)29-12-15)25-30-19-6-4-5-17(22(19)31-25)20-7-8-21(34)36-20/h4-13H,1-3H3,(H,30,31)(H,29,32,33). The van der Waals surface area contributed by atoms with Crippen LogP contribution in [0.5, 0.6) is 0 Å². The lowest BCUT2D eigenvalue weighted by molar-refractivity contribution is 0.0778. The zero-order chi connectivity index (χ0) is 24.6. The summed E-state index contributed by atoms with van der Waals surface area (Å²) in [6, 6.07) is 14.1. The van der Waals surface area contributed by atoms with Crippen molar-refractivity contribution in [3.8, 4) is 0 Å². The van der Waals surface area contributed by atoms with Gasteiger partial charge in [0.15, 0.2) is 11.3 Å².